The minimum atomic E-state index is -0.498. The third-order valence-corrected chi connectivity index (χ3v) is 2.32. The highest BCUT2D eigenvalue weighted by Gasteiger charge is 2.12. The maximum Gasteiger partial charge on any atom is 0.214 e. The molecule has 0 fully saturated rings. The summed E-state index contributed by atoms with van der Waals surface area (Å²) in [6, 6.07) is 7.50. The fourth-order valence-corrected chi connectivity index (χ4v) is 1.33. The molecule has 3 heteroatoms. The summed E-state index contributed by atoms with van der Waals surface area (Å²) in [6.45, 7) is 3.72. The zero-order chi connectivity index (χ0) is 10.6. The molecule has 14 heavy (non-hydrogen) atoms. The van der Waals surface area contributed by atoms with Gasteiger partial charge in [-0.1, -0.05) is 31.2 Å². The number of hydrogen-bond acceptors (Lipinski definition) is 2. The van der Waals surface area contributed by atoms with Crippen molar-refractivity contribution in [1.82, 2.24) is 0 Å². The van der Waals surface area contributed by atoms with E-state index in [0.29, 0.717) is 6.42 Å². The predicted octanol–water partition coefficient (Wildman–Crippen LogP) is 2.46. The first kappa shape index (κ1) is 10.7. The molecule has 0 radical (unpaired) electrons. The number of hydrogen-bond donors (Lipinski definition) is 0. The van der Waals surface area contributed by atoms with E-state index in [-0.39, 0.29) is 4.92 Å². The highest BCUT2D eigenvalue weighted by molar-refractivity contribution is 5.22. The van der Waals surface area contributed by atoms with Gasteiger partial charge in [0.15, 0.2) is 0 Å². The Hall–Kier alpha value is -1.38. The molecule has 1 aromatic rings. The van der Waals surface area contributed by atoms with E-state index in [1.165, 1.54) is 5.56 Å². The van der Waals surface area contributed by atoms with Crippen molar-refractivity contribution in [2.24, 2.45) is 0 Å². The second-order valence-electron chi connectivity index (χ2n) is 3.51. The van der Waals surface area contributed by atoms with Crippen LogP contribution < -0.4 is 0 Å². The van der Waals surface area contributed by atoms with Gasteiger partial charge >= 0.3 is 0 Å². The molecule has 0 N–H and O–H groups in total. The highest BCUT2D eigenvalue weighted by atomic mass is 16.6. The van der Waals surface area contributed by atoms with Crippen molar-refractivity contribution in [3.63, 3.8) is 0 Å². The number of benzene rings is 1. The van der Waals surface area contributed by atoms with Crippen LogP contribution in [0.5, 0.6) is 0 Å². The molecule has 0 aliphatic rings. The zero-order valence-electron chi connectivity index (χ0n) is 8.56. The normalized spacial score (nSPS) is 12.4. The Kier molecular flexibility index (Phi) is 3.63. The van der Waals surface area contributed by atoms with Crippen molar-refractivity contribution in [2.75, 3.05) is 0 Å². The van der Waals surface area contributed by atoms with E-state index in [1.807, 2.05) is 24.3 Å². The third-order valence-electron chi connectivity index (χ3n) is 2.32. The Morgan fingerprint density at radius 3 is 2.21 bits per heavy atom. The van der Waals surface area contributed by atoms with Gasteiger partial charge in [-0.05, 0) is 17.5 Å². The standard InChI is InChI=1S/C11H15NO2/c1-3-10-4-6-11(7-5-10)8-9(2)12(13)14/h4-7,9H,3,8H2,1-2H3. The van der Waals surface area contributed by atoms with Crippen molar-refractivity contribution >= 4 is 0 Å². The number of nitro groups is 1. The lowest BCUT2D eigenvalue weighted by molar-refractivity contribution is -0.517. The Balaban J connectivity index is 2.64. The van der Waals surface area contributed by atoms with Gasteiger partial charge in [0.25, 0.3) is 0 Å². The number of aryl methyl sites for hydroxylation is 1. The molecule has 0 heterocycles. The van der Waals surface area contributed by atoms with E-state index in [2.05, 4.69) is 6.92 Å². The fraction of sp³-hybridized carbons (Fsp3) is 0.455. The summed E-state index contributed by atoms with van der Waals surface area (Å²) in [6.07, 6.45) is 1.52. The van der Waals surface area contributed by atoms with Gasteiger partial charge < -0.3 is 0 Å². The first-order valence-corrected chi connectivity index (χ1v) is 4.84. The second-order valence-corrected chi connectivity index (χ2v) is 3.51. The van der Waals surface area contributed by atoms with Crippen molar-refractivity contribution in [1.29, 1.82) is 0 Å². The Morgan fingerprint density at radius 1 is 1.29 bits per heavy atom. The van der Waals surface area contributed by atoms with Crippen LogP contribution in [0.25, 0.3) is 0 Å². The van der Waals surface area contributed by atoms with E-state index in [1.54, 1.807) is 6.92 Å². The SMILES string of the molecule is CCc1ccc(CC(C)[N+](=O)[O-])cc1. The van der Waals surface area contributed by atoms with Gasteiger partial charge in [-0.3, -0.25) is 10.1 Å². The largest absolute Gasteiger partial charge is 0.264 e. The molecule has 1 aromatic carbocycles. The van der Waals surface area contributed by atoms with E-state index < -0.39 is 6.04 Å². The molecule has 0 saturated heterocycles. The van der Waals surface area contributed by atoms with E-state index in [0.717, 1.165) is 12.0 Å². The summed E-state index contributed by atoms with van der Waals surface area (Å²) in [5.41, 5.74) is 2.30. The van der Waals surface area contributed by atoms with Gasteiger partial charge in [0.05, 0.1) is 0 Å². The van der Waals surface area contributed by atoms with Crippen molar-refractivity contribution in [3.05, 3.63) is 45.5 Å². The van der Waals surface area contributed by atoms with Crippen molar-refractivity contribution in [2.45, 2.75) is 32.7 Å². The van der Waals surface area contributed by atoms with Crippen LogP contribution in [0.2, 0.25) is 0 Å². The topological polar surface area (TPSA) is 43.1 Å². The maximum absolute atomic E-state index is 10.4. The average molecular weight is 193 g/mol. The van der Waals surface area contributed by atoms with Crippen LogP contribution in [-0.2, 0) is 12.8 Å². The van der Waals surface area contributed by atoms with Crippen LogP contribution in [0, 0.1) is 10.1 Å². The van der Waals surface area contributed by atoms with E-state index >= 15 is 0 Å². The van der Waals surface area contributed by atoms with Gasteiger partial charge in [0.1, 0.15) is 0 Å². The van der Waals surface area contributed by atoms with Crippen LogP contribution in [0.4, 0.5) is 0 Å². The van der Waals surface area contributed by atoms with Gasteiger partial charge in [0, 0.05) is 18.3 Å². The Bertz CT molecular complexity index is 306. The molecular weight excluding hydrogens is 178 g/mol. The maximum atomic E-state index is 10.4. The van der Waals surface area contributed by atoms with Crippen LogP contribution in [0.1, 0.15) is 25.0 Å². The molecule has 0 bridgehead atoms. The first-order chi connectivity index (χ1) is 6.63. The molecule has 3 nitrogen and oxygen atoms in total. The van der Waals surface area contributed by atoms with Gasteiger partial charge in [-0.25, -0.2) is 0 Å². The summed E-state index contributed by atoms with van der Waals surface area (Å²) >= 11 is 0. The summed E-state index contributed by atoms with van der Waals surface area (Å²) in [4.78, 5) is 10.2. The smallest absolute Gasteiger partial charge is 0.214 e. The molecule has 0 saturated carbocycles. The predicted molar refractivity (Wildman–Crippen MR) is 56.0 cm³/mol. The van der Waals surface area contributed by atoms with Crippen LogP contribution in [0.15, 0.2) is 24.3 Å². The summed E-state index contributed by atoms with van der Waals surface area (Å²) in [7, 11) is 0. The lowest BCUT2D eigenvalue weighted by Crippen LogP contribution is -2.17. The van der Waals surface area contributed by atoms with Crippen LogP contribution in [-0.4, -0.2) is 11.0 Å². The molecule has 0 aliphatic heterocycles. The van der Waals surface area contributed by atoms with Gasteiger partial charge in [-0.15, -0.1) is 0 Å². The Labute approximate surface area is 83.9 Å². The minimum Gasteiger partial charge on any atom is -0.264 e. The summed E-state index contributed by atoms with van der Waals surface area (Å²) < 4.78 is 0. The molecular formula is C11H15NO2. The quantitative estimate of drug-likeness (QED) is 0.544. The molecule has 0 amide bonds. The fourth-order valence-electron chi connectivity index (χ4n) is 1.33. The average Bonchev–Trinajstić information content (AvgIpc) is 2.19. The molecule has 1 rings (SSSR count). The third kappa shape index (κ3) is 2.83. The minimum absolute atomic E-state index is 0.242. The monoisotopic (exact) mass is 193 g/mol. The van der Waals surface area contributed by atoms with Gasteiger partial charge in [0.2, 0.25) is 6.04 Å². The van der Waals surface area contributed by atoms with Gasteiger partial charge in [-0.2, -0.15) is 0 Å². The summed E-state index contributed by atoms with van der Waals surface area (Å²) in [5, 5.41) is 10.4. The van der Waals surface area contributed by atoms with Crippen LogP contribution in [0.3, 0.4) is 0 Å². The van der Waals surface area contributed by atoms with E-state index in [9.17, 15) is 10.1 Å². The van der Waals surface area contributed by atoms with E-state index in [4.69, 9.17) is 0 Å². The number of nitrogens with zero attached hydrogens (tertiary/aromatic N) is 1. The lowest BCUT2D eigenvalue weighted by Gasteiger charge is -2.04. The lowest BCUT2D eigenvalue weighted by atomic mass is 10.0. The first-order valence-electron chi connectivity index (χ1n) is 4.84. The zero-order valence-corrected chi connectivity index (χ0v) is 8.56. The molecule has 0 spiro atoms. The van der Waals surface area contributed by atoms with Crippen molar-refractivity contribution in [3.8, 4) is 0 Å². The Morgan fingerprint density at radius 2 is 1.79 bits per heavy atom. The second kappa shape index (κ2) is 4.74. The number of rotatable bonds is 4. The van der Waals surface area contributed by atoms with Crippen molar-refractivity contribution < 1.29 is 4.92 Å². The highest BCUT2D eigenvalue weighted by Crippen LogP contribution is 2.08. The molecule has 0 aromatic heterocycles. The molecule has 76 valence electrons. The van der Waals surface area contributed by atoms with Crippen LogP contribution >= 0.6 is 0 Å². The summed E-state index contributed by atoms with van der Waals surface area (Å²) in [5.74, 6) is 0. The molecule has 1 atom stereocenters. The molecule has 0 aliphatic carbocycles. The molecule has 1 unspecified atom stereocenters.